The van der Waals surface area contributed by atoms with Crippen molar-refractivity contribution in [3.63, 3.8) is 0 Å². The van der Waals surface area contributed by atoms with Crippen LogP contribution in [0.2, 0.25) is 0 Å². The first-order chi connectivity index (χ1) is 17.0. The van der Waals surface area contributed by atoms with E-state index in [4.69, 9.17) is 9.26 Å². The van der Waals surface area contributed by atoms with Crippen molar-refractivity contribution in [1.82, 2.24) is 3.97 Å². The summed E-state index contributed by atoms with van der Waals surface area (Å²) in [4.78, 5) is 13.4. The Kier molecular flexibility index (Phi) is 7.30. The molecule has 4 rings (SSSR count). The second kappa shape index (κ2) is 9.98. The average Bonchev–Trinajstić information content (AvgIpc) is 3.19. The van der Waals surface area contributed by atoms with Crippen molar-refractivity contribution in [3.05, 3.63) is 88.0 Å². The van der Waals surface area contributed by atoms with E-state index in [-0.39, 0.29) is 28.0 Å². The zero-order valence-corrected chi connectivity index (χ0v) is 23.5. The van der Waals surface area contributed by atoms with Gasteiger partial charge < -0.3 is 9.26 Å². The van der Waals surface area contributed by atoms with E-state index in [1.165, 1.54) is 19.2 Å². The maximum absolute atomic E-state index is 14.8. The van der Waals surface area contributed by atoms with Crippen molar-refractivity contribution >= 4 is 60.8 Å². The first kappa shape index (κ1) is 26.4. The molecule has 1 heterocycles. The number of hydrogen-bond donors (Lipinski definition) is 0. The van der Waals surface area contributed by atoms with E-state index < -0.39 is 23.4 Å². The Bertz CT molecular complexity index is 1610. The van der Waals surface area contributed by atoms with Gasteiger partial charge in [-0.1, -0.05) is 45.8 Å². The monoisotopic (exact) mass is 589 g/mol. The summed E-state index contributed by atoms with van der Waals surface area (Å²) in [6.45, 7) is 5.29. The molecule has 0 aliphatic heterocycles. The zero-order chi connectivity index (χ0) is 26.3. The van der Waals surface area contributed by atoms with Gasteiger partial charge in [0.15, 0.2) is 5.69 Å². The number of fused-ring (bicyclic) bond motifs is 1. The van der Waals surface area contributed by atoms with Crippen LogP contribution in [0.25, 0.3) is 10.9 Å². The standard InChI is InChI=1S/C26H25BrNO6PS/c1-5-34-26(29)24-25(35(30,33-4)20-14-18(3)13-19(27)16-20)22-15-17(2)11-12-23(22)28(24)36(31,32)21-9-7-6-8-10-21/h6-16H,5H2,1-4H3. The highest BCUT2D eigenvalue weighted by molar-refractivity contribution is 9.10. The summed E-state index contributed by atoms with van der Waals surface area (Å²) in [6.07, 6.45) is 0. The van der Waals surface area contributed by atoms with Gasteiger partial charge in [-0.05, 0) is 68.8 Å². The smallest absolute Gasteiger partial charge is 0.356 e. The third kappa shape index (κ3) is 4.45. The predicted octanol–water partition coefficient (Wildman–Crippen LogP) is 5.31. The van der Waals surface area contributed by atoms with E-state index in [1.807, 2.05) is 19.9 Å². The minimum absolute atomic E-state index is 0.00249. The van der Waals surface area contributed by atoms with E-state index in [9.17, 15) is 17.8 Å². The molecule has 0 N–H and O–H groups in total. The van der Waals surface area contributed by atoms with Crippen LogP contribution in [-0.4, -0.2) is 32.1 Å². The second-order valence-corrected chi connectivity index (χ2v) is 13.4. The van der Waals surface area contributed by atoms with Gasteiger partial charge in [0.05, 0.1) is 22.3 Å². The largest absolute Gasteiger partial charge is 0.461 e. The Morgan fingerprint density at radius 2 is 1.69 bits per heavy atom. The molecule has 0 fully saturated rings. The van der Waals surface area contributed by atoms with Crippen LogP contribution >= 0.6 is 23.3 Å². The molecule has 1 atom stereocenters. The molecule has 0 saturated carbocycles. The molecule has 0 bridgehead atoms. The SMILES string of the molecule is CCOC(=O)c1c(P(=O)(OC)c2cc(C)cc(Br)c2)c2cc(C)ccc2n1S(=O)(=O)c1ccccc1. The van der Waals surface area contributed by atoms with Gasteiger partial charge in [0, 0.05) is 22.3 Å². The maximum atomic E-state index is 14.8. The Morgan fingerprint density at radius 3 is 2.31 bits per heavy atom. The molecular weight excluding hydrogens is 565 g/mol. The Balaban J connectivity index is 2.23. The summed E-state index contributed by atoms with van der Waals surface area (Å²) < 4.78 is 55.3. The van der Waals surface area contributed by atoms with E-state index in [2.05, 4.69) is 15.9 Å². The number of carbonyl (C=O) groups is 1. The highest BCUT2D eigenvalue weighted by Crippen LogP contribution is 2.49. The van der Waals surface area contributed by atoms with Crippen LogP contribution < -0.4 is 10.6 Å². The molecule has 0 saturated heterocycles. The highest BCUT2D eigenvalue weighted by Gasteiger charge is 2.41. The third-order valence-corrected chi connectivity index (χ3v) is 10.4. The van der Waals surface area contributed by atoms with Crippen LogP contribution in [-0.2, 0) is 23.8 Å². The summed E-state index contributed by atoms with van der Waals surface area (Å²) in [5, 5.41) is 0.639. The number of hydrogen-bond acceptors (Lipinski definition) is 6. The first-order valence-corrected chi connectivity index (χ1v) is 15.0. The van der Waals surface area contributed by atoms with Crippen LogP contribution in [0.5, 0.6) is 0 Å². The molecule has 0 radical (unpaired) electrons. The summed E-state index contributed by atoms with van der Waals surface area (Å²) in [6, 6.07) is 18.0. The summed E-state index contributed by atoms with van der Waals surface area (Å²) in [7, 11) is -7.00. The Hall–Kier alpha value is -2.71. The van der Waals surface area contributed by atoms with Crippen LogP contribution in [0.3, 0.4) is 0 Å². The third-order valence-electron chi connectivity index (χ3n) is 5.72. The van der Waals surface area contributed by atoms with Crippen molar-refractivity contribution < 1.29 is 27.0 Å². The fraction of sp³-hybridized carbons (Fsp3) is 0.192. The van der Waals surface area contributed by atoms with E-state index >= 15 is 0 Å². The number of carbonyl (C=O) groups excluding carboxylic acids is 1. The van der Waals surface area contributed by atoms with Gasteiger partial charge in [-0.15, -0.1) is 0 Å². The first-order valence-electron chi connectivity index (χ1n) is 11.1. The number of aryl methyl sites for hydroxylation is 2. The Labute approximate surface area is 218 Å². The van der Waals surface area contributed by atoms with Crippen molar-refractivity contribution in [1.29, 1.82) is 0 Å². The van der Waals surface area contributed by atoms with Gasteiger partial charge in [-0.25, -0.2) is 17.2 Å². The minimum Gasteiger partial charge on any atom is -0.461 e. The molecule has 36 heavy (non-hydrogen) atoms. The molecule has 1 unspecified atom stereocenters. The lowest BCUT2D eigenvalue weighted by atomic mass is 10.2. The van der Waals surface area contributed by atoms with Gasteiger partial charge in [-0.3, -0.25) is 4.57 Å². The summed E-state index contributed by atoms with van der Waals surface area (Å²) in [5.74, 6) is -0.912. The van der Waals surface area contributed by atoms with Crippen molar-refractivity contribution in [2.75, 3.05) is 13.7 Å². The van der Waals surface area contributed by atoms with Gasteiger partial charge in [0.1, 0.15) is 0 Å². The number of rotatable bonds is 7. The molecule has 4 aromatic rings. The molecule has 1 aromatic heterocycles. The molecule has 188 valence electrons. The molecule has 10 heteroatoms. The number of halogens is 1. The van der Waals surface area contributed by atoms with Crippen LogP contribution in [0.15, 0.2) is 76.1 Å². The maximum Gasteiger partial charge on any atom is 0.356 e. The second-order valence-electron chi connectivity index (χ2n) is 8.24. The fourth-order valence-electron chi connectivity index (χ4n) is 4.20. The van der Waals surface area contributed by atoms with E-state index in [0.29, 0.717) is 15.2 Å². The van der Waals surface area contributed by atoms with Crippen molar-refractivity contribution in [2.45, 2.75) is 25.7 Å². The zero-order valence-electron chi connectivity index (χ0n) is 20.2. The fourth-order valence-corrected chi connectivity index (χ4v) is 8.89. The Morgan fingerprint density at radius 1 is 1.00 bits per heavy atom. The molecule has 0 aliphatic carbocycles. The predicted molar refractivity (Wildman–Crippen MR) is 144 cm³/mol. The number of esters is 1. The van der Waals surface area contributed by atoms with Crippen molar-refractivity contribution in [3.8, 4) is 0 Å². The quantitative estimate of drug-likeness (QED) is 0.214. The molecule has 0 aliphatic rings. The summed E-state index contributed by atoms with van der Waals surface area (Å²) >= 11 is 3.44. The van der Waals surface area contributed by atoms with Crippen molar-refractivity contribution in [2.24, 2.45) is 0 Å². The molecule has 7 nitrogen and oxygen atoms in total. The topological polar surface area (TPSA) is 91.7 Å². The lowest BCUT2D eigenvalue weighted by Gasteiger charge is -2.19. The summed E-state index contributed by atoms with van der Waals surface area (Å²) in [5.41, 5.74) is 1.46. The normalized spacial score (nSPS) is 13.5. The molecule has 0 amide bonds. The minimum atomic E-state index is -4.29. The molecular formula is C26H25BrNO6PS. The van der Waals surface area contributed by atoms with Crippen LogP contribution in [0.1, 0.15) is 28.5 Å². The van der Waals surface area contributed by atoms with Gasteiger partial charge >= 0.3 is 5.97 Å². The van der Waals surface area contributed by atoms with Gasteiger partial charge in [0.2, 0.25) is 0 Å². The number of nitrogens with zero attached hydrogens (tertiary/aromatic N) is 1. The molecule has 3 aromatic carbocycles. The lowest BCUT2D eigenvalue weighted by Crippen LogP contribution is -2.28. The van der Waals surface area contributed by atoms with Gasteiger partial charge in [0.25, 0.3) is 17.4 Å². The highest BCUT2D eigenvalue weighted by atomic mass is 79.9. The molecule has 0 spiro atoms. The average molecular weight is 590 g/mol. The lowest BCUT2D eigenvalue weighted by molar-refractivity contribution is 0.0520. The number of aromatic nitrogens is 1. The van der Waals surface area contributed by atoms with E-state index in [0.717, 1.165) is 15.1 Å². The number of benzene rings is 3. The van der Waals surface area contributed by atoms with Crippen LogP contribution in [0, 0.1) is 13.8 Å². The van der Waals surface area contributed by atoms with Crippen LogP contribution in [0.4, 0.5) is 0 Å². The van der Waals surface area contributed by atoms with Gasteiger partial charge in [-0.2, -0.15) is 0 Å². The van der Waals surface area contributed by atoms with E-state index in [1.54, 1.807) is 55.5 Å². The number of ether oxygens (including phenoxy) is 1.